The predicted octanol–water partition coefficient (Wildman–Crippen LogP) is 9.54. The van der Waals surface area contributed by atoms with Crippen LogP contribution in [0.4, 0.5) is 0 Å². The molecule has 3 nitrogen and oxygen atoms in total. The molecule has 0 aliphatic rings. The maximum absolute atomic E-state index is 11.3. The average molecular weight is 457 g/mol. The summed E-state index contributed by atoms with van der Waals surface area (Å²) in [7, 11) is 0. The standard InChI is InChI=1S/C17H34O2.C12H26O/c1-4-5-6-7-8-9-10-11-12-13-14-15-17(18)19-16(2)3;1-2-3-4-5-6-7-8-9-10-11-12-13/h16H,4-15H2,1-3H3;13H,2-12H2,1H3. The lowest BCUT2D eigenvalue weighted by molar-refractivity contribution is -0.147. The average Bonchev–Trinajstić information content (AvgIpc) is 2.76. The van der Waals surface area contributed by atoms with Crippen molar-refractivity contribution in [1.82, 2.24) is 0 Å². The lowest BCUT2D eigenvalue weighted by Crippen LogP contribution is -2.10. The van der Waals surface area contributed by atoms with Crippen molar-refractivity contribution in [2.45, 2.75) is 175 Å². The normalized spacial score (nSPS) is 10.8. The second-order valence-corrected chi connectivity index (χ2v) is 9.73. The molecule has 0 saturated carbocycles. The zero-order valence-electron chi connectivity index (χ0n) is 22.6. The molecule has 0 rings (SSSR count). The number of aliphatic hydroxyl groups excluding tert-OH is 1. The molecule has 0 amide bonds. The summed E-state index contributed by atoms with van der Waals surface area (Å²) in [6.45, 7) is 8.69. The van der Waals surface area contributed by atoms with Gasteiger partial charge in [-0.25, -0.2) is 0 Å². The number of aliphatic hydroxyl groups is 1. The molecule has 0 aliphatic heterocycles. The van der Waals surface area contributed by atoms with E-state index in [2.05, 4.69) is 13.8 Å². The Bertz CT molecular complexity index is 331. The molecule has 0 aliphatic carbocycles. The zero-order valence-corrected chi connectivity index (χ0v) is 22.6. The van der Waals surface area contributed by atoms with Crippen LogP contribution in [0.3, 0.4) is 0 Å². The van der Waals surface area contributed by atoms with Gasteiger partial charge in [0.2, 0.25) is 0 Å². The monoisotopic (exact) mass is 456 g/mol. The lowest BCUT2D eigenvalue weighted by Gasteiger charge is -2.07. The van der Waals surface area contributed by atoms with E-state index >= 15 is 0 Å². The molecule has 194 valence electrons. The van der Waals surface area contributed by atoms with Gasteiger partial charge in [0.1, 0.15) is 0 Å². The van der Waals surface area contributed by atoms with Crippen molar-refractivity contribution < 1.29 is 14.6 Å². The van der Waals surface area contributed by atoms with Crippen molar-refractivity contribution in [2.24, 2.45) is 0 Å². The third kappa shape index (κ3) is 34.1. The summed E-state index contributed by atoms with van der Waals surface area (Å²) in [6, 6.07) is 0. The van der Waals surface area contributed by atoms with E-state index in [4.69, 9.17) is 9.84 Å². The van der Waals surface area contributed by atoms with Crippen LogP contribution in [0.15, 0.2) is 0 Å². The van der Waals surface area contributed by atoms with Gasteiger partial charge in [-0.05, 0) is 26.7 Å². The highest BCUT2D eigenvalue weighted by Crippen LogP contribution is 2.12. The van der Waals surface area contributed by atoms with Gasteiger partial charge in [0.25, 0.3) is 0 Å². The SMILES string of the molecule is CCCCCCCCCCCCCC(=O)OC(C)C.CCCCCCCCCCCCO. The number of hydrogen-bond acceptors (Lipinski definition) is 3. The molecule has 0 saturated heterocycles. The predicted molar refractivity (Wildman–Crippen MR) is 141 cm³/mol. The van der Waals surface area contributed by atoms with E-state index in [1.54, 1.807) is 0 Å². The number of rotatable bonds is 23. The number of hydrogen-bond donors (Lipinski definition) is 1. The Morgan fingerprint density at radius 1 is 0.562 bits per heavy atom. The van der Waals surface area contributed by atoms with E-state index in [0.717, 1.165) is 12.8 Å². The van der Waals surface area contributed by atoms with Gasteiger partial charge < -0.3 is 9.84 Å². The number of unbranched alkanes of at least 4 members (excludes halogenated alkanes) is 19. The van der Waals surface area contributed by atoms with Gasteiger partial charge in [0.15, 0.2) is 0 Å². The summed E-state index contributed by atoms with van der Waals surface area (Å²) >= 11 is 0. The molecular formula is C29H60O3. The van der Waals surface area contributed by atoms with E-state index in [1.165, 1.54) is 122 Å². The smallest absolute Gasteiger partial charge is 0.306 e. The Morgan fingerprint density at radius 2 is 0.875 bits per heavy atom. The molecule has 0 aromatic heterocycles. The first-order valence-electron chi connectivity index (χ1n) is 14.4. The van der Waals surface area contributed by atoms with Crippen LogP contribution < -0.4 is 0 Å². The maximum atomic E-state index is 11.3. The van der Waals surface area contributed by atoms with Crippen molar-refractivity contribution in [3.63, 3.8) is 0 Å². The van der Waals surface area contributed by atoms with Gasteiger partial charge in [-0.3, -0.25) is 4.79 Å². The van der Waals surface area contributed by atoms with Gasteiger partial charge in [0.05, 0.1) is 6.10 Å². The topological polar surface area (TPSA) is 46.5 Å². The van der Waals surface area contributed by atoms with Crippen LogP contribution >= 0.6 is 0 Å². The molecule has 0 heterocycles. The van der Waals surface area contributed by atoms with Crippen LogP contribution in [0.2, 0.25) is 0 Å². The van der Waals surface area contributed by atoms with Gasteiger partial charge in [0, 0.05) is 13.0 Å². The second-order valence-electron chi connectivity index (χ2n) is 9.73. The fourth-order valence-corrected chi connectivity index (χ4v) is 3.85. The van der Waals surface area contributed by atoms with Crippen molar-refractivity contribution >= 4 is 5.97 Å². The van der Waals surface area contributed by atoms with Gasteiger partial charge in [-0.15, -0.1) is 0 Å². The molecule has 0 atom stereocenters. The summed E-state index contributed by atoms with van der Waals surface area (Å²) in [6.07, 6.45) is 28.4. The molecule has 0 bridgehead atoms. The van der Waals surface area contributed by atoms with Crippen molar-refractivity contribution in [3.8, 4) is 0 Å². The fraction of sp³-hybridized carbons (Fsp3) is 0.966. The second kappa shape index (κ2) is 30.4. The Hall–Kier alpha value is -0.570. The quantitative estimate of drug-likeness (QED) is 0.123. The van der Waals surface area contributed by atoms with Gasteiger partial charge >= 0.3 is 5.97 Å². The van der Waals surface area contributed by atoms with Crippen LogP contribution in [0, 0.1) is 0 Å². The first-order chi connectivity index (χ1) is 15.6. The van der Waals surface area contributed by atoms with E-state index in [1.807, 2.05) is 13.8 Å². The van der Waals surface area contributed by atoms with E-state index in [0.29, 0.717) is 13.0 Å². The fourth-order valence-electron chi connectivity index (χ4n) is 3.85. The van der Waals surface area contributed by atoms with Crippen molar-refractivity contribution in [2.75, 3.05) is 6.61 Å². The summed E-state index contributed by atoms with van der Waals surface area (Å²) in [4.78, 5) is 11.3. The molecular weight excluding hydrogens is 396 g/mol. The number of carbonyl (C=O) groups excluding carboxylic acids is 1. The minimum Gasteiger partial charge on any atom is -0.463 e. The molecule has 0 fully saturated rings. The Morgan fingerprint density at radius 3 is 1.19 bits per heavy atom. The number of ether oxygens (including phenoxy) is 1. The minimum atomic E-state index is -0.0362. The van der Waals surface area contributed by atoms with Crippen LogP contribution in [-0.2, 0) is 9.53 Å². The van der Waals surface area contributed by atoms with Crippen LogP contribution in [0.1, 0.15) is 169 Å². The van der Waals surface area contributed by atoms with E-state index in [-0.39, 0.29) is 12.1 Å². The molecule has 0 aromatic rings. The van der Waals surface area contributed by atoms with Crippen LogP contribution in [-0.4, -0.2) is 23.8 Å². The first-order valence-corrected chi connectivity index (χ1v) is 14.4. The minimum absolute atomic E-state index is 0.0280. The number of carbonyl (C=O) groups is 1. The Labute approximate surface area is 202 Å². The third-order valence-electron chi connectivity index (χ3n) is 5.86. The van der Waals surface area contributed by atoms with Crippen molar-refractivity contribution in [1.29, 1.82) is 0 Å². The molecule has 0 radical (unpaired) electrons. The zero-order chi connectivity index (χ0) is 24.1. The molecule has 0 spiro atoms. The largest absolute Gasteiger partial charge is 0.463 e. The van der Waals surface area contributed by atoms with Crippen LogP contribution in [0.5, 0.6) is 0 Å². The third-order valence-corrected chi connectivity index (χ3v) is 5.86. The molecule has 0 aromatic carbocycles. The van der Waals surface area contributed by atoms with E-state index in [9.17, 15) is 4.79 Å². The summed E-state index contributed by atoms with van der Waals surface area (Å²) in [5.74, 6) is -0.0362. The molecule has 0 unspecified atom stereocenters. The first kappa shape index (κ1) is 33.6. The molecule has 1 N–H and O–H groups in total. The maximum Gasteiger partial charge on any atom is 0.306 e. The van der Waals surface area contributed by atoms with E-state index < -0.39 is 0 Å². The Balaban J connectivity index is 0. The van der Waals surface area contributed by atoms with Gasteiger partial charge in [-0.2, -0.15) is 0 Å². The molecule has 32 heavy (non-hydrogen) atoms. The lowest BCUT2D eigenvalue weighted by atomic mass is 10.1. The highest BCUT2D eigenvalue weighted by Gasteiger charge is 2.04. The van der Waals surface area contributed by atoms with Crippen LogP contribution in [0.25, 0.3) is 0 Å². The Kier molecular flexibility index (Phi) is 32.0. The van der Waals surface area contributed by atoms with Crippen molar-refractivity contribution in [3.05, 3.63) is 0 Å². The summed E-state index contributed by atoms with van der Waals surface area (Å²) in [5, 5.41) is 8.57. The highest BCUT2D eigenvalue weighted by atomic mass is 16.5. The molecule has 3 heteroatoms. The number of esters is 1. The highest BCUT2D eigenvalue weighted by molar-refractivity contribution is 5.69. The summed E-state index contributed by atoms with van der Waals surface area (Å²) in [5.41, 5.74) is 0. The van der Waals surface area contributed by atoms with Gasteiger partial charge in [-0.1, -0.05) is 136 Å². The summed E-state index contributed by atoms with van der Waals surface area (Å²) < 4.78 is 5.10.